The zero-order valence-electron chi connectivity index (χ0n) is 17.8. The first-order valence-electron chi connectivity index (χ1n) is 9.40. The van der Waals surface area contributed by atoms with E-state index < -0.39 is 0 Å². The molecule has 1 heterocycles. The van der Waals surface area contributed by atoms with Gasteiger partial charge in [0.05, 0.1) is 33.0 Å². The van der Waals surface area contributed by atoms with Crippen molar-refractivity contribution in [3.8, 4) is 23.0 Å². The number of halogens is 1. The van der Waals surface area contributed by atoms with Gasteiger partial charge in [-0.25, -0.2) is 0 Å². The molecule has 1 aliphatic rings. The molecule has 0 saturated heterocycles. The van der Waals surface area contributed by atoms with Crippen LogP contribution >= 0.6 is 27.7 Å². The molecular formula is C22H27BrN2O4S. The number of ether oxygens (including phenoxy) is 4. The summed E-state index contributed by atoms with van der Waals surface area (Å²) >= 11 is 5.39. The molecule has 8 heteroatoms. The van der Waals surface area contributed by atoms with Crippen LogP contribution in [0.4, 0.5) is 0 Å². The number of nitrogens with zero attached hydrogens (tertiary/aromatic N) is 2. The van der Waals surface area contributed by atoms with Crippen LogP contribution in [0.3, 0.4) is 0 Å². The molecule has 0 spiro atoms. The van der Waals surface area contributed by atoms with E-state index in [0.29, 0.717) is 13.1 Å². The molecule has 6 nitrogen and oxygen atoms in total. The van der Waals surface area contributed by atoms with E-state index in [1.54, 1.807) is 40.2 Å². The van der Waals surface area contributed by atoms with Gasteiger partial charge in [0, 0.05) is 48.8 Å². The largest absolute Gasteiger partial charge is 0.497 e. The Morgan fingerprint density at radius 1 is 0.867 bits per heavy atom. The van der Waals surface area contributed by atoms with Crippen LogP contribution in [0.15, 0.2) is 46.4 Å². The number of thioether (sulfide) groups is 1. The molecule has 1 atom stereocenters. The van der Waals surface area contributed by atoms with Gasteiger partial charge in [-0.05, 0) is 28.1 Å². The minimum absolute atomic E-state index is 0.123. The van der Waals surface area contributed by atoms with Crippen molar-refractivity contribution in [2.45, 2.75) is 18.6 Å². The summed E-state index contributed by atoms with van der Waals surface area (Å²) in [6, 6.07) is 11.9. The lowest BCUT2D eigenvalue weighted by atomic mass is 10.1. The molecule has 1 unspecified atom stereocenters. The van der Waals surface area contributed by atoms with E-state index in [4.69, 9.17) is 18.9 Å². The summed E-state index contributed by atoms with van der Waals surface area (Å²) in [6.45, 7) is 1.39. The van der Waals surface area contributed by atoms with Gasteiger partial charge >= 0.3 is 0 Å². The van der Waals surface area contributed by atoms with Crippen molar-refractivity contribution >= 4 is 27.7 Å². The fourth-order valence-electron chi connectivity index (χ4n) is 3.34. The predicted octanol–water partition coefficient (Wildman–Crippen LogP) is 4.88. The summed E-state index contributed by atoms with van der Waals surface area (Å²) in [5.41, 5.74) is 2.29. The highest BCUT2D eigenvalue weighted by atomic mass is 79.9. The van der Waals surface area contributed by atoms with Gasteiger partial charge in [0.2, 0.25) is 0 Å². The van der Waals surface area contributed by atoms with Crippen LogP contribution in [0, 0.1) is 0 Å². The Balaban J connectivity index is 1.92. The lowest BCUT2D eigenvalue weighted by molar-refractivity contribution is 0.145. The quantitative estimate of drug-likeness (QED) is 0.460. The van der Waals surface area contributed by atoms with Crippen molar-refractivity contribution in [3.05, 3.63) is 57.5 Å². The third kappa shape index (κ3) is 4.99. The topological polar surface area (TPSA) is 43.4 Å². The SMILES string of the molecule is COc1ccc(CN(Cc2ccc(OC)cc2OC)C2SC=C(Br)N2C)c(OC)c1. The maximum atomic E-state index is 5.63. The zero-order chi connectivity index (χ0) is 21.7. The monoisotopic (exact) mass is 494 g/mol. The van der Waals surface area contributed by atoms with E-state index in [0.717, 1.165) is 38.7 Å². The van der Waals surface area contributed by atoms with Crippen molar-refractivity contribution < 1.29 is 18.9 Å². The minimum atomic E-state index is 0.123. The van der Waals surface area contributed by atoms with E-state index in [1.807, 2.05) is 24.3 Å². The van der Waals surface area contributed by atoms with E-state index in [1.165, 1.54) is 0 Å². The lowest BCUT2D eigenvalue weighted by Gasteiger charge is -2.34. The zero-order valence-corrected chi connectivity index (χ0v) is 20.2. The Bertz CT molecular complexity index is 851. The first-order chi connectivity index (χ1) is 14.5. The third-order valence-electron chi connectivity index (χ3n) is 5.00. The second kappa shape index (κ2) is 10.3. The molecule has 162 valence electrons. The molecule has 1 aliphatic heterocycles. The van der Waals surface area contributed by atoms with E-state index in [2.05, 4.69) is 50.3 Å². The first-order valence-corrected chi connectivity index (χ1v) is 11.1. The summed E-state index contributed by atoms with van der Waals surface area (Å²) in [5, 5.41) is 2.12. The van der Waals surface area contributed by atoms with Crippen molar-refractivity contribution in [1.82, 2.24) is 9.80 Å². The van der Waals surface area contributed by atoms with Gasteiger partial charge in [0.15, 0.2) is 0 Å². The lowest BCUT2D eigenvalue weighted by Crippen LogP contribution is -2.40. The number of rotatable bonds is 9. The first kappa shape index (κ1) is 22.7. The number of hydrogen-bond donors (Lipinski definition) is 0. The fourth-order valence-corrected chi connectivity index (χ4v) is 5.01. The molecule has 30 heavy (non-hydrogen) atoms. The van der Waals surface area contributed by atoms with Crippen molar-refractivity contribution in [2.24, 2.45) is 0 Å². The van der Waals surface area contributed by atoms with Crippen LogP contribution in [-0.2, 0) is 13.1 Å². The van der Waals surface area contributed by atoms with Crippen LogP contribution < -0.4 is 18.9 Å². The summed E-state index contributed by atoms with van der Waals surface area (Å²) in [5.74, 6) is 3.16. The molecule has 2 aromatic rings. The van der Waals surface area contributed by atoms with Crippen LogP contribution in [0.5, 0.6) is 23.0 Å². The average molecular weight is 495 g/mol. The van der Waals surface area contributed by atoms with Crippen LogP contribution in [0.2, 0.25) is 0 Å². The van der Waals surface area contributed by atoms with Gasteiger partial charge < -0.3 is 23.8 Å². The van der Waals surface area contributed by atoms with E-state index in [9.17, 15) is 0 Å². The van der Waals surface area contributed by atoms with Crippen molar-refractivity contribution in [1.29, 1.82) is 0 Å². The molecule has 0 fully saturated rings. The molecule has 0 N–H and O–H groups in total. The van der Waals surface area contributed by atoms with Crippen molar-refractivity contribution in [3.63, 3.8) is 0 Å². The molecule has 0 aromatic heterocycles. The second-order valence-electron chi connectivity index (χ2n) is 6.77. The minimum Gasteiger partial charge on any atom is -0.497 e. The molecule has 2 aromatic carbocycles. The van der Waals surface area contributed by atoms with Gasteiger partial charge in [0.1, 0.15) is 28.5 Å². The van der Waals surface area contributed by atoms with Crippen LogP contribution in [-0.4, -0.2) is 50.8 Å². The van der Waals surface area contributed by atoms with Crippen LogP contribution in [0.25, 0.3) is 0 Å². The van der Waals surface area contributed by atoms with E-state index in [-0.39, 0.29) is 5.50 Å². The molecule has 0 bridgehead atoms. The maximum Gasteiger partial charge on any atom is 0.135 e. The summed E-state index contributed by atoms with van der Waals surface area (Å²) in [6.07, 6.45) is 0. The Morgan fingerprint density at radius 3 is 1.73 bits per heavy atom. The smallest absolute Gasteiger partial charge is 0.135 e. The highest BCUT2D eigenvalue weighted by molar-refractivity contribution is 9.11. The average Bonchev–Trinajstić information content (AvgIpc) is 3.11. The fraction of sp³-hybridized carbons (Fsp3) is 0.364. The summed E-state index contributed by atoms with van der Waals surface area (Å²) < 4.78 is 23.0. The predicted molar refractivity (Wildman–Crippen MR) is 124 cm³/mol. The van der Waals surface area contributed by atoms with E-state index >= 15 is 0 Å². The molecule has 0 amide bonds. The third-order valence-corrected chi connectivity index (χ3v) is 7.31. The standard InChI is InChI=1S/C22H27BrN2O4S/c1-24-21(23)14-30-22(24)25(12-15-6-8-17(26-2)10-19(15)28-4)13-16-7-9-18(27-3)11-20(16)29-5/h6-11,14,22H,12-13H2,1-5H3. The molecule has 0 radical (unpaired) electrons. The summed E-state index contributed by atoms with van der Waals surface area (Å²) in [7, 11) is 8.76. The molecule has 0 aliphatic carbocycles. The number of hydrogen-bond acceptors (Lipinski definition) is 7. The maximum absolute atomic E-state index is 5.63. The second-order valence-corrected chi connectivity index (χ2v) is 8.52. The molecule has 3 rings (SSSR count). The Labute approximate surface area is 190 Å². The van der Waals surface area contributed by atoms with Gasteiger partial charge in [0.25, 0.3) is 0 Å². The molecular weight excluding hydrogens is 468 g/mol. The van der Waals surface area contributed by atoms with Gasteiger partial charge in [-0.1, -0.05) is 23.9 Å². The highest BCUT2D eigenvalue weighted by Gasteiger charge is 2.29. The molecule has 0 saturated carbocycles. The normalized spacial score (nSPS) is 15.9. The Kier molecular flexibility index (Phi) is 7.80. The van der Waals surface area contributed by atoms with Crippen molar-refractivity contribution in [2.75, 3.05) is 35.5 Å². The van der Waals surface area contributed by atoms with Gasteiger partial charge in [-0.2, -0.15) is 0 Å². The number of methoxy groups -OCH3 is 4. The highest BCUT2D eigenvalue weighted by Crippen LogP contribution is 2.38. The van der Waals surface area contributed by atoms with Gasteiger partial charge in [-0.15, -0.1) is 0 Å². The Morgan fingerprint density at radius 2 is 1.37 bits per heavy atom. The number of benzene rings is 2. The van der Waals surface area contributed by atoms with Crippen LogP contribution in [0.1, 0.15) is 11.1 Å². The van der Waals surface area contributed by atoms with Gasteiger partial charge in [-0.3, -0.25) is 4.90 Å². The summed E-state index contributed by atoms with van der Waals surface area (Å²) in [4.78, 5) is 4.58. The Hall–Kier alpha value is -2.03.